The molecule has 1 N–H and O–H groups in total. The van der Waals surface area contributed by atoms with Crippen LogP contribution in [0.1, 0.15) is 34.9 Å². The van der Waals surface area contributed by atoms with Crippen molar-refractivity contribution in [2.24, 2.45) is 0 Å². The molecule has 2 aliphatic rings. The number of para-hydroxylation sites is 1. The monoisotopic (exact) mass is 445 g/mol. The number of methoxy groups -OCH3 is 1. The lowest BCUT2D eigenvalue weighted by atomic mass is 9.96. The number of hydrogen-bond acceptors (Lipinski definition) is 6. The normalized spacial score (nSPS) is 19.3. The van der Waals surface area contributed by atoms with Crippen LogP contribution in [-0.2, 0) is 22.6 Å². The van der Waals surface area contributed by atoms with Crippen molar-refractivity contribution in [2.45, 2.75) is 25.4 Å². The average Bonchev–Trinajstić information content (AvgIpc) is 3.46. The van der Waals surface area contributed by atoms with Crippen molar-refractivity contribution in [3.63, 3.8) is 0 Å². The highest BCUT2D eigenvalue weighted by Gasteiger charge is 2.47. The Labute approximate surface area is 190 Å². The molecule has 0 radical (unpaired) electrons. The van der Waals surface area contributed by atoms with Crippen LogP contribution in [0, 0.1) is 0 Å². The first-order chi connectivity index (χ1) is 16.1. The number of ketones is 1. The number of rotatable bonds is 5. The quantitative estimate of drug-likeness (QED) is 0.359. The molecule has 1 saturated heterocycles. The predicted octanol–water partition coefficient (Wildman–Crippen LogP) is 4.24. The zero-order valence-corrected chi connectivity index (χ0v) is 18.1. The standard InChI is InChI=1S/C26H23NO6/c1-31-19-8-3-2-6-18(19)15-27-23(21-9-5-13-33-21)22(25(29)26(27)30)24(28)17-10-11-20-16(14-17)7-4-12-32-20/h2-3,5-6,8-11,13-14,23,28H,4,7,12,15H2,1H3/b24-22-. The molecule has 3 heterocycles. The van der Waals surface area contributed by atoms with E-state index in [0.717, 1.165) is 29.7 Å². The molecule has 1 aromatic heterocycles. The van der Waals surface area contributed by atoms with E-state index in [0.29, 0.717) is 23.7 Å². The van der Waals surface area contributed by atoms with Crippen molar-refractivity contribution in [1.29, 1.82) is 0 Å². The SMILES string of the molecule is COc1ccccc1CN1C(=O)C(=O)/C(=C(\O)c2ccc3c(c2)CCCO3)C1c1ccco1. The number of aliphatic hydroxyl groups is 1. The van der Waals surface area contributed by atoms with Gasteiger partial charge in [-0.2, -0.15) is 0 Å². The molecule has 2 aromatic carbocycles. The molecule has 0 aliphatic carbocycles. The van der Waals surface area contributed by atoms with Gasteiger partial charge in [0.15, 0.2) is 0 Å². The maximum absolute atomic E-state index is 13.2. The zero-order chi connectivity index (χ0) is 22.9. The second-order valence-corrected chi connectivity index (χ2v) is 8.03. The lowest BCUT2D eigenvalue weighted by Gasteiger charge is -2.24. The number of furan rings is 1. The summed E-state index contributed by atoms with van der Waals surface area (Å²) in [5, 5.41) is 11.2. The third-order valence-corrected chi connectivity index (χ3v) is 6.07. The Morgan fingerprint density at radius 3 is 2.79 bits per heavy atom. The van der Waals surface area contributed by atoms with Crippen LogP contribution in [0.5, 0.6) is 11.5 Å². The second kappa shape index (κ2) is 8.50. The number of aryl methyl sites for hydroxylation is 1. The minimum atomic E-state index is -0.864. The Morgan fingerprint density at radius 1 is 1.15 bits per heavy atom. The highest BCUT2D eigenvalue weighted by atomic mass is 16.5. The van der Waals surface area contributed by atoms with Gasteiger partial charge < -0.3 is 23.9 Å². The smallest absolute Gasteiger partial charge is 0.296 e. The van der Waals surface area contributed by atoms with Gasteiger partial charge in [-0.1, -0.05) is 18.2 Å². The molecule has 3 aromatic rings. The van der Waals surface area contributed by atoms with Crippen molar-refractivity contribution in [3.05, 3.63) is 88.9 Å². The fourth-order valence-corrected chi connectivity index (χ4v) is 4.47. The number of benzene rings is 2. The summed E-state index contributed by atoms with van der Waals surface area (Å²) in [6.45, 7) is 0.777. The van der Waals surface area contributed by atoms with Gasteiger partial charge in [0.25, 0.3) is 11.7 Å². The van der Waals surface area contributed by atoms with Gasteiger partial charge >= 0.3 is 0 Å². The first-order valence-electron chi connectivity index (χ1n) is 10.8. The number of amides is 1. The highest BCUT2D eigenvalue weighted by molar-refractivity contribution is 6.46. The summed E-state index contributed by atoms with van der Waals surface area (Å²) in [6, 6.07) is 15.1. The molecular formula is C26H23NO6. The number of likely N-dealkylation sites (tertiary alicyclic amines) is 1. The summed E-state index contributed by atoms with van der Waals surface area (Å²) in [5.41, 5.74) is 2.17. The van der Waals surface area contributed by atoms with E-state index in [9.17, 15) is 14.7 Å². The predicted molar refractivity (Wildman–Crippen MR) is 120 cm³/mol. The fourth-order valence-electron chi connectivity index (χ4n) is 4.47. The van der Waals surface area contributed by atoms with Crippen molar-refractivity contribution in [1.82, 2.24) is 4.90 Å². The lowest BCUT2D eigenvalue weighted by Crippen LogP contribution is -2.29. The van der Waals surface area contributed by atoms with Crippen molar-refractivity contribution in [2.75, 3.05) is 13.7 Å². The van der Waals surface area contributed by atoms with Gasteiger partial charge in [-0.25, -0.2) is 0 Å². The van der Waals surface area contributed by atoms with Gasteiger partial charge in [0.2, 0.25) is 0 Å². The topological polar surface area (TPSA) is 89.2 Å². The van der Waals surface area contributed by atoms with E-state index in [2.05, 4.69) is 0 Å². The number of carbonyl (C=O) groups is 2. The van der Waals surface area contributed by atoms with E-state index in [1.807, 2.05) is 24.3 Å². The molecule has 7 heteroatoms. The second-order valence-electron chi connectivity index (χ2n) is 8.03. The molecule has 0 saturated carbocycles. The number of ether oxygens (including phenoxy) is 2. The molecule has 33 heavy (non-hydrogen) atoms. The van der Waals surface area contributed by atoms with Crippen molar-refractivity contribution < 1.29 is 28.6 Å². The van der Waals surface area contributed by atoms with Crippen LogP contribution in [0.25, 0.3) is 5.76 Å². The van der Waals surface area contributed by atoms with Crippen LogP contribution in [0.15, 0.2) is 70.9 Å². The lowest BCUT2D eigenvalue weighted by molar-refractivity contribution is -0.140. The summed E-state index contributed by atoms with van der Waals surface area (Å²) < 4.78 is 16.7. The minimum Gasteiger partial charge on any atom is -0.507 e. The number of nitrogens with zero attached hydrogens (tertiary/aromatic N) is 1. The Balaban J connectivity index is 1.60. The Bertz CT molecular complexity index is 1240. The largest absolute Gasteiger partial charge is 0.507 e. The Kier molecular flexibility index (Phi) is 5.38. The molecule has 1 fully saturated rings. The molecule has 1 amide bonds. The number of carbonyl (C=O) groups excluding carboxylic acids is 2. The van der Waals surface area contributed by atoms with Crippen LogP contribution in [0.2, 0.25) is 0 Å². The van der Waals surface area contributed by atoms with Gasteiger partial charge in [0.05, 0.1) is 32.1 Å². The Hall–Kier alpha value is -4.00. The molecule has 0 spiro atoms. The van der Waals surface area contributed by atoms with E-state index < -0.39 is 17.7 Å². The van der Waals surface area contributed by atoms with Gasteiger partial charge in [0.1, 0.15) is 29.1 Å². The summed E-state index contributed by atoms with van der Waals surface area (Å²) in [5.74, 6) is 0.0878. The zero-order valence-electron chi connectivity index (χ0n) is 18.1. The summed E-state index contributed by atoms with van der Waals surface area (Å²) in [6.07, 6.45) is 3.18. The van der Waals surface area contributed by atoms with Gasteiger partial charge in [-0.15, -0.1) is 0 Å². The van der Waals surface area contributed by atoms with Gasteiger partial charge in [0, 0.05) is 11.1 Å². The number of hydrogen-bond donors (Lipinski definition) is 1. The first-order valence-corrected chi connectivity index (χ1v) is 10.8. The maximum atomic E-state index is 13.2. The minimum absolute atomic E-state index is 0.00141. The van der Waals surface area contributed by atoms with Crippen LogP contribution in [0.3, 0.4) is 0 Å². The molecule has 5 rings (SSSR count). The molecule has 0 bridgehead atoms. The average molecular weight is 445 g/mol. The molecule has 1 unspecified atom stereocenters. The van der Waals surface area contributed by atoms with Crippen LogP contribution >= 0.6 is 0 Å². The van der Waals surface area contributed by atoms with Crippen molar-refractivity contribution in [3.8, 4) is 11.5 Å². The maximum Gasteiger partial charge on any atom is 0.296 e. The van der Waals surface area contributed by atoms with E-state index in [-0.39, 0.29) is 17.9 Å². The van der Waals surface area contributed by atoms with E-state index >= 15 is 0 Å². The van der Waals surface area contributed by atoms with E-state index in [1.165, 1.54) is 11.2 Å². The Morgan fingerprint density at radius 2 is 2.00 bits per heavy atom. The molecule has 2 aliphatic heterocycles. The van der Waals surface area contributed by atoms with Gasteiger partial charge in [-0.05, 0) is 54.8 Å². The van der Waals surface area contributed by atoms with Crippen LogP contribution in [-0.4, -0.2) is 35.4 Å². The summed E-state index contributed by atoms with van der Waals surface area (Å²) in [7, 11) is 1.55. The third-order valence-electron chi connectivity index (χ3n) is 6.07. The summed E-state index contributed by atoms with van der Waals surface area (Å²) >= 11 is 0. The van der Waals surface area contributed by atoms with E-state index in [4.69, 9.17) is 13.9 Å². The third kappa shape index (κ3) is 3.65. The first kappa shape index (κ1) is 20.9. The van der Waals surface area contributed by atoms with E-state index in [1.54, 1.807) is 37.4 Å². The highest BCUT2D eigenvalue weighted by Crippen LogP contribution is 2.41. The molecule has 168 valence electrons. The molecule has 7 nitrogen and oxygen atoms in total. The molecular weight excluding hydrogens is 422 g/mol. The van der Waals surface area contributed by atoms with Crippen LogP contribution in [0.4, 0.5) is 0 Å². The summed E-state index contributed by atoms with van der Waals surface area (Å²) in [4.78, 5) is 27.7. The molecule has 1 atom stereocenters. The van der Waals surface area contributed by atoms with Crippen LogP contribution < -0.4 is 9.47 Å². The fraction of sp³-hybridized carbons (Fsp3) is 0.231. The number of fused-ring (bicyclic) bond motifs is 1. The number of Topliss-reactive ketones (excluding diaryl/α,β-unsaturated/α-hetero) is 1. The number of aliphatic hydroxyl groups excluding tert-OH is 1. The van der Waals surface area contributed by atoms with Gasteiger partial charge in [-0.3, -0.25) is 9.59 Å². The van der Waals surface area contributed by atoms with Crippen molar-refractivity contribution >= 4 is 17.4 Å².